The number of nitrogens with one attached hydrogen (secondary N) is 1. The number of rotatable bonds is 6. The zero-order chi connectivity index (χ0) is 22.0. The maximum absolute atomic E-state index is 12.8. The lowest BCUT2D eigenvalue weighted by Gasteiger charge is -2.14. The van der Waals surface area contributed by atoms with E-state index in [1.165, 1.54) is 21.3 Å². The average molecular weight is 418 g/mol. The van der Waals surface area contributed by atoms with E-state index in [0.29, 0.717) is 34.4 Å². The monoisotopic (exact) mass is 418 g/mol. The molecular formula is C24H22N2O5. The summed E-state index contributed by atoms with van der Waals surface area (Å²) in [5.74, 6) is 1.48. The number of nitrogens with zero attached hydrogens (tertiary/aromatic N) is 1. The first-order valence-corrected chi connectivity index (χ1v) is 9.62. The number of aryl methyl sites for hydroxylation is 1. The van der Waals surface area contributed by atoms with Gasteiger partial charge in [-0.1, -0.05) is 12.1 Å². The van der Waals surface area contributed by atoms with Crippen LogP contribution in [0.3, 0.4) is 0 Å². The Morgan fingerprint density at radius 3 is 2.19 bits per heavy atom. The number of hydrogen-bond acceptors (Lipinski definition) is 6. The standard InChI is InChI=1S/C24H22N2O5/c1-14-6-5-7-18-21(14)26-24(31-18)15-8-10-17(11-9-15)25-23(27)16-12-19(28-2)22(30-4)20(13-16)29-3/h5-13H,1-4H3,(H,25,27). The summed E-state index contributed by atoms with van der Waals surface area (Å²) in [4.78, 5) is 17.3. The first-order valence-electron chi connectivity index (χ1n) is 9.62. The van der Waals surface area contributed by atoms with Gasteiger partial charge in [0.2, 0.25) is 11.6 Å². The predicted octanol–water partition coefficient (Wildman–Crippen LogP) is 5.08. The lowest BCUT2D eigenvalue weighted by atomic mass is 10.1. The fourth-order valence-corrected chi connectivity index (χ4v) is 3.32. The second-order valence-corrected chi connectivity index (χ2v) is 6.89. The van der Waals surface area contributed by atoms with Gasteiger partial charge >= 0.3 is 0 Å². The van der Waals surface area contributed by atoms with Gasteiger partial charge in [-0.2, -0.15) is 0 Å². The zero-order valence-corrected chi connectivity index (χ0v) is 17.7. The Bertz CT molecular complexity index is 1220. The van der Waals surface area contributed by atoms with Crippen molar-refractivity contribution in [2.45, 2.75) is 6.92 Å². The molecule has 31 heavy (non-hydrogen) atoms. The molecular weight excluding hydrogens is 396 g/mol. The summed E-state index contributed by atoms with van der Waals surface area (Å²) in [6, 6.07) is 16.3. The number of amides is 1. The van der Waals surface area contributed by atoms with E-state index < -0.39 is 0 Å². The molecule has 1 heterocycles. The lowest BCUT2D eigenvalue weighted by molar-refractivity contribution is 0.102. The first kappa shape index (κ1) is 20.3. The van der Waals surface area contributed by atoms with Gasteiger partial charge in [-0.3, -0.25) is 4.79 Å². The number of fused-ring (bicyclic) bond motifs is 1. The van der Waals surface area contributed by atoms with Crippen molar-refractivity contribution in [2.24, 2.45) is 0 Å². The van der Waals surface area contributed by atoms with Gasteiger partial charge in [-0.05, 0) is 55.0 Å². The summed E-state index contributed by atoms with van der Waals surface area (Å²) in [5, 5.41) is 2.87. The molecule has 4 rings (SSSR count). The number of benzene rings is 3. The molecule has 158 valence electrons. The van der Waals surface area contributed by atoms with E-state index in [0.717, 1.165) is 22.2 Å². The smallest absolute Gasteiger partial charge is 0.255 e. The van der Waals surface area contributed by atoms with Crippen molar-refractivity contribution in [2.75, 3.05) is 26.6 Å². The van der Waals surface area contributed by atoms with E-state index in [4.69, 9.17) is 18.6 Å². The van der Waals surface area contributed by atoms with Crippen molar-refractivity contribution >= 4 is 22.7 Å². The Kier molecular flexibility index (Phi) is 5.49. The Balaban J connectivity index is 1.56. The van der Waals surface area contributed by atoms with E-state index in [1.54, 1.807) is 24.3 Å². The van der Waals surface area contributed by atoms with Gasteiger partial charge in [0.1, 0.15) is 5.52 Å². The average Bonchev–Trinajstić information content (AvgIpc) is 3.24. The van der Waals surface area contributed by atoms with Crippen molar-refractivity contribution in [3.63, 3.8) is 0 Å². The predicted molar refractivity (Wildman–Crippen MR) is 118 cm³/mol. The summed E-state index contributed by atoms with van der Waals surface area (Å²) >= 11 is 0. The molecule has 0 atom stereocenters. The van der Waals surface area contributed by atoms with Crippen molar-refractivity contribution < 1.29 is 23.4 Å². The molecule has 0 saturated heterocycles. The number of carbonyl (C=O) groups excluding carboxylic acids is 1. The van der Waals surface area contributed by atoms with Crippen LogP contribution in [-0.4, -0.2) is 32.2 Å². The molecule has 7 nitrogen and oxygen atoms in total. The Morgan fingerprint density at radius 1 is 0.935 bits per heavy atom. The van der Waals surface area contributed by atoms with Crippen LogP contribution in [0.4, 0.5) is 5.69 Å². The van der Waals surface area contributed by atoms with Crippen LogP contribution in [0.1, 0.15) is 15.9 Å². The van der Waals surface area contributed by atoms with Gasteiger partial charge in [-0.15, -0.1) is 0 Å². The molecule has 1 N–H and O–H groups in total. The van der Waals surface area contributed by atoms with E-state index in [1.807, 2.05) is 37.3 Å². The largest absolute Gasteiger partial charge is 0.493 e. The molecule has 0 bridgehead atoms. The molecule has 1 aromatic heterocycles. The van der Waals surface area contributed by atoms with Crippen molar-refractivity contribution in [1.29, 1.82) is 0 Å². The van der Waals surface area contributed by atoms with Gasteiger partial charge in [0.05, 0.1) is 21.3 Å². The van der Waals surface area contributed by atoms with Crippen molar-refractivity contribution in [3.8, 4) is 28.7 Å². The van der Waals surface area contributed by atoms with Crippen LogP contribution in [0.15, 0.2) is 59.0 Å². The molecule has 0 radical (unpaired) electrons. The molecule has 0 unspecified atom stereocenters. The highest BCUT2D eigenvalue weighted by Crippen LogP contribution is 2.38. The number of para-hydroxylation sites is 1. The van der Waals surface area contributed by atoms with Crippen molar-refractivity contribution in [3.05, 3.63) is 65.7 Å². The highest BCUT2D eigenvalue weighted by atomic mass is 16.5. The molecule has 3 aromatic carbocycles. The molecule has 0 aliphatic carbocycles. The second-order valence-electron chi connectivity index (χ2n) is 6.89. The Morgan fingerprint density at radius 2 is 1.61 bits per heavy atom. The highest BCUT2D eigenvalue weighted by molar-refractivity contribution is 6.05. The first-order chi connectivity index (χ1) is 15.0. The molecule has 0 aliphatic heterocycles. The van der Waals surface area contributed by atoms with Gasteiger partial charge in [-0.25, -0.2) is 4.98 Å². The van der Waals surface area contributed by atoms with Crippen LogP contribution in [0.25, 0.3) is 22.6 Å². The number of anilines is 1. The second kappa shape index (κ2) is 8.39. The fraction of sp³-hybridized carbons (Fsp3) is 0.167. The van der Waals surface area contributed by atoms with Crippen LogP contribution >= 0.6 is 0 Å². The maximum atomic E-state index is 12.8. The van der Waals surface area contributed by atoms with Crippen LogP contribution < -0.4 is 19.5 Å². The SMILES string of the molecule is COc1cc(C(=O)Nc2ccc(-c3nc4c(C)cccc4o3)cc2)cc(OC)c1OC. The van der Waals surface area contributed by atoms with E-state index in [-0.39, 0.29) is 5.91 Å². The molecule has 4 aromatic rings. The number of aromatic nitrogens is 1. The number of methoxy groups -OCH3 is 3. The molecule has 0 fully saturated rings. The minimum atomic E-state index is -0.301. The van der Waals surface area contributed by atoms with Crippen molar-refractivity contribution in [1.82, 2.24) is 4.98 Å². The highest BCUT2D eigenvalue weighted by Gasteiger charge is 2.17. The van der Waals surface area contributed by atoms with E-state index in [9.17, 15) is 4.79 Å². The summed E-state index contributed by atoms with van der Waals surface area (Å²) in [6.45, 7) is 2.00. The number of ether oxygens (including phenoxy) is 3. The van der Waals surface area contributed by atoms with Gasteiger partial charge in [0.15, 0.2) is 17.1 Å². The van der Waals surface area contributed by atoms with Gasteiger partial charge in [0.25, 0.3) is 5.91 Å². The molecule has 0 saturated carbocycles. The number of carbonyl (C=O) groups is 1. The number of hydrogen-bond donors (Lipinski definition) is 1. The van der Waals surface area contributed by atoms with Crippen LogP contribution in [0.5, 0.6) is 17.2 Å². The lowest BCUT2D eigenvalue weighted by Crippen LogP contribution is -2.12. The van der Waals surface area contributed by atoms with Crippen LogP contribution in [-0.2, 0) is 0 Å². The summed E-state index contributed by atoms with van der Waals surface area (Å²) in [6.07, 6.45) is 0. The van der Waals surface area contributed by atoms with E-state index >= 15 is 0 Å². The molecule has 1 amide bonds. The van der Waals surface area contributed by atoms with Gasteiger partial charge < -0.3 is 23.9 Å². The molecule has 0 aliphatic rings. The Labute approximate surface area is 179 Å². The summed E-state index contributed by atoms with van der Waals surface area (Å²) < 4.78 is 21.8. The van der Waals surface area contributed by atoms with Gasteiger partial charge in [0, 0.05) is 16.8 Å². The van der Waals surface area contributed by atoms with E-state index in [2.05, 4.69) is 10.3 Å². The normalized spacial score (nSPS) is 10.7. The molecule has 0 spiro atoms. The maximum Gasteiger partial charge on any atom is 0.255 e. The summed E-state index contributed by atoms with van der Waals surface area (Å²) in [7, 11) is 4.52. The topological polar surface area (TPSA) is 82.8 Å². The Hall–Kier alpha value is -4.00. The third-order valence-corrected chi connectivity index (χ3v) is 4.94. The minimum Gasteiger partial charge on any atom is -0.493 e. The quantitative estimate of drug-likeness (QED) is 0.470. The fourth-order valence-electron chi connectivity index (χ4n) is 3.32. The van der Waals surface area contributed by atoms with Crippen LogP contribution in [0, 0.1) is 6.92 Å². The summed E-state index contributed by atoms with van der Waals surface area (Å²) in [5.41, 5.74) is 4.48. The number of oxazole rings is 1. The minimum absolute atomic E-state index is 0.301. The zero-order valence-electron chi connectivity index (χ0n) is 17.7. The third kappa shape index (κ3) is 3.90. The third-order valence-electron chi connectivity index (χ3n) is 4.94. The van der Waals surface area contributed by atoms with Crippen LogP contribution in [0.2, 0.25) is 0 Å². The molecule has 7 heteroatoms.